The van der Waals surface area contributed by atoms with Crippen LogP contribution in [0.3, 0.4) is 0 Å². The molecule has 0 spiro atoms. The molecule has 3 N–H and O–H groups in total. The van der Waals surface area contributed by atoms with Gasteiger partial charge in [-0.3, -0.25) is 14.3 Å². The monoisotopic (exact) mass is 312 g/mol. The van der Waals surface area contributed by atoms with E-state index in [2.05, 4.69) is 9.72 Å². The lowest BCUT2D eigenvalue weighted by Crippen LogP contribution is -2.33. The Morgan fingerprint density at radius 1 is 1.59 bits per heavy atom. The third-order valence-electron chi connectivity index (χ3n) is 3.29. The van der Waals surface area contributed by atoms with Crippen molar-refractivity contribution in [1.82, 2.24) is 9.55 Å². The third kappa shape index (κ3) is 3.32. The van der Waals surface area contributed by atoms with E-state index in [1.165, 1.54) is 19.4 Å². The van der Waals surface area contributed by atoms with Crippen LogP contribution in [0, 0.1) is 0 Å². The molecule has 3 atom stereocenters. The Balaban J connectivity index is 2.33. The number of nitrogens with one attached hydrogen (secondary N) is 1. The number of carbonyl (C=O) groups is 1. The lowest BCUT2D eigenvalue weighted by atomic mass is 10.2. The van der Waals surface area contributed by atoms with Gasteiger partial charge in [0.15, 0.2) is 0 Å². The van der Waals surface area contributed by atoms with Crippen LogP contribution in [0.4, 0.5) is 0 Å². The maximum atomic E-state index is 11.8. The second-order valence-corrected chi connectivity index (χ2v) is 4.72. The molecule has 0 bridgehead atoms. The first kappa shape index (κ1) is 16.1. The fourth-order valence-electron chi connectivity index (χ4n) is 2.11. The summed E-state index contributed by atoms with van der Waals surface area (Å²) in [7, 11) is 1.20. The van der Waals surface area contributed by atoms with Crippen molar-refractivity contribution in [1.29, 1.82) is 0 Å². The van der Waals surface area contributed by atoms with Crippen molar-refractivity contribution in [2.75, 3.05) is 13.7 Å². The fourth-order valence-corrected chi connectivity index (χ4v) is 2.11. The Morgan fingerprint density at radius 2 is 2.32 bits per heavy atom. The number of aliphatic hydroxyl groups excluding tert-OH is 2. The first-order valence-corrected chi connectivity index (χ1v) is 6.52. The molecule has 22 heavy (non-hydrogen) atoms. The van der Waals surface area contributed by atoms with E-state index in [0.717, 1.165) is 10.6 Å². The highest BCUT2D eigenvalue weighted by Crippen LogP contribution is 2.27. The number of carbonyl (C=O) groups excluding carboxylic acids is 1. The molecule has 2 rings (SSSR count). The van der Waals surface area contributed by atoms with Crippen LogP contribution in [0.2, 0.25) is 0 Å². The molecule has 0 radical (unpaired) electrons. The summed E-state index contributed by atoms with van der Waals surface area (Å²) in [5, 5.41) is 18.7. The fraction of sp³-hybridized carbons (Fsp3) is 0.462. The predicted octanol–water partition coefficient (Wildman–Crippen LogP) is -1.64. The van der Waals surface area contributed by atoms with Crippen molar-refractivity contribution < 1.29 is 24.5 Å². The summed E-state index contributed by atoms with van der Waals surface area (Å²) in [6, 6.07) is 0. The number of hydrogen-bond acceptors (Lipinski definition) is 7. The molecule has 2 heterocycles. The second kappa shape index (κ2) is 6.69. The highest BCUT2D eigenvalue weighted by molar-refractivity contribution is 5.86. The van der Waals surface area contributed by atoms with E-state index in [9.17, 15) is 19.5 Å². The van der Waals surface area contributed by atoms with Crippen LogP contribution in [0.5, 0.6) is 0 Å². The summed E-state index contributed by atoms with van der Waals surface area (Å²) in [6.07, 6.45) is 1.03. The molecule has 0 aromatic carbocycles. The highest BCUT2D eigenvalue weighted by atomic mass is 16.5. The van der Waals surface area contributed by atoms with E-state index >= 15 is 0 Å². The van der Waals surface area contributed by atoms with Gasteiger partial charge in [0.25, 0.3) is 5.56 Å². The summed E-state index contributed by atoms with van der Waals surface area (Å²) >= 11 is 0. The van der Waals surface area contributed by atoms with Gasteiger partial charge in [0.05, 0.1) is 25.4 Å². The molecular weight excluding hydrogens is 296 g/mol. The van der Waals surface area contributed by atoms with E-state index in [1.807, 2.05) is 0 Å². The Kier molecular flexibility index (Phi) is 4.91. The van der Waals surface area contributed by atoms with Gasteiger partial charge >= 0.3 is 11.7 Å². The van der Waals surface area contributed by atoms with Crippen molar-refractivity contribution in [2.45, 2.75) is 24.9 Å². The molecule has 1 aliphatic rings. The van der Waals surface area contributed by atoms with Gasteiger partial charge in [-0.25, -0.2) is 9.59 Å². The minimum Gasteiger partial charge on any atom is -0.466 e. The quantitative estimate of drug-likeness (QED) is 0.449. The van der Waals surface area contributed by atoms with Crippen LogP contribution in [-0.4, -0.2) is 51.7 Å². The van der Waals surface area contributed by atoms with Gasteiger partial charge in [-0.2, -0.15) is 0 Å². The molecule has 9 heteroatoms. The largest absolute Gasteiger partial charge is 0.466 e. The van der Waals surface area contributed by atoms with Crippen molar-refractivity contribution in [3.05, 3.63) is 38.7 Å². The molecule has 9 nitrogen and oxygen atoms in total. The maximum absolute atomic E-state index is 11.8. The molecular formula is C13H16N2O7. The molecule has 0 aliphatic carbocycles. The number of H-pyrrole nitrogens is 1. The van der Waals surface area contributed by atoms with Gasteiger partial charge < -0.3 is 19.7 Å². The van der Waals surface area contributed by atoms with E-state index in [4.69, 9.17) is 9.84 Å². The van der Waals surface area contributed by atoms with Gasteiger partial charge in [-0.05, 0) is 6.08 Å². The number of ether oxygens (including phenoxy) is 2. The Hall–Kier alpha value is -2.23. The van der Waals surface area contributed by atoms with Crippen LogP contribution >= 0.6 is 0 Å². The van der Waals surface area contributed by atoms with Gasteiger partial charge in [0.1, 0.15) is 12.3 Å². The zero-order chi connectivity index (χ0) is 16.3. The summed E-state index contributed by atoms with van der Waals surface area (Å²) in [5.74, 6) is -0.648. The number of aliphatic hydroxyl groups is 2. The SMILES string of the molecule is COC(=O)C=Cc1cn([C@H]2C[C@@H](O)[C@@H](CO)O2)c(=O)[nH]c1=O. The number of aromatic nitrogens is 2. The van der Waals surface area contributed by atoms with Gasteiger partial charge in [0, 0.05) is 18.7 Å². The van der Waals surface area contributed by atoms with Crippen molar-refractivity contribution in [2.24, 2.45) is 0 Å². The van der Waals surface area contributed by atoms with Crippen LogP contribution in [0.1, 0.15) is 18.2 Å². The topological polar surface area (TPSA) is 131 Å². The third-order valence-corrected chi connectivity index (χ3v) is 3.29. The molecule has 1 saturated heterocycles. The van der Waals surface area contributed by atoms with E-state index < -0.39 is 35.7 Å². The average Bonchev–Trinajstić information content (AvgIpc) is 2.86. The van der Waals surface area contributed by atoms with Crippen LogP contribution in [0.15, 0.2) is 21.9 Å². The molecule has 0 unspecified atom stereocenters. The van der Waals surface area contributed by atoms with Crippen molar-refractivity contribution >= 4 is 12.0 Å². The molecule has 1 fully saturated rings. The van der Waals surface area contributed by atoms with Gasteiger partial charge in [-0.1, -0.05) is 0 Å². The first-order chi connectivity index (χ1) is 10.5. The van der Waals surface area contributed by atoms with Crippen LogP contribution in [-0.2, 0) is 14.3 Å². The average molecular weight is 312 g/mol. The van der Waals surface area contributed by atoms with Crippen LogP contribution in [0.25, 0.3) is 6.08 Å². The zero-order valence-electron chi connectivity index (χ0n) is 11.8. The number of nitrogens with zero attached hydrogens (tertiary/aromatic N) is 1. The summed E-state index contributed by atoms with van der Waals surface area (Å²) in [6.45, 7) is -0.384. The number of hydrogen-bond donors (Lipinski definition) is 3. The molecule has 1 aromatic heterocycles. The highest BCUT2D eigenvalue weighted by Gasteiger charge is 2.35. The first-order valence-electron chi connectivity index (χ1n) is 6.52. The summed E-state index contributed by atoms with van der Waals surface area (Å²) in [4.78, 5) is 36.7. The smallest absolute Gasteiger partial charge is 0.330 e. The Morgan fingerprint density at radius 3 is 2.91 bits per heavy atom. The van der Waals surface area contributed by atoms with E-state index in [-0.39, 0.29) is 18.6 Å². The zero-order valence-corrected chi connectivity index (χ0v) is 11.8. The van der Waals surface area contributed by atoms with Crippen LogP contribution < -0.4 is 11.2 Å². The molecule has 1 aliphatic heterocycles. The predicted molar refractivity (Wildman–Crippen MR) is 74.0 cm³/mol. The number of aromatic amines is 1. The molecule has 0 amide bonds. The van der Waals surface area contributed by atoms with Crippen molar-refractivity contribution in [3.63, 3.8) is 0 Å². The summed E-state index contributed by atoms with van der Waals surface area (Å²) < 4.78 is 10.9. The summed E-state index contributed by atoms with van der Waals surface area (Å²) in [5.41, 5.74) is -1.33. The number of esters is 1. The molecule has 0 saturated carbocycles. The lowest BCUT2D eigenvalue weighted by Gasteiger charge is -2.14. The lowest BCUT2D eigenvalue weighted by molar-refractivity contribution is -0.134. The minimum atomic E-state index is -0.914. The molecule has 120 valence electrons. The Labute approximate surface area is 124 Å². The number of rotatable bonds is 4. The van der Waals surface area contributed by atoms with Crippen molar-refractivity contribution in [3.8, 4) is 0 Å². The number of methoxy groups -OCH3 is 1. The standard InChI is InChI=1S/C13H16N2O7/c1-21-11(18)3-2-7-5-15(13(20)14-12(7)19)10-4-8(17)9(6-16)22-10/h2-3,5,8-10,16-17H,4,6H2,1H3,(H,14,19,20)/t8-,9-,10-/m1/s1. The maximum Gasteiger partial charge on any atom is 0.330 e. The second-order valence-electron chi connectivity index (χ2n) is 4.72. The minimum absolute atomic E-state index is 0.0514. The Bertz CT molecular complexity index is 690. The van der Waals surface area contributed by atoms with Gasteiger partial charge in [-0.15, -0.1) is 0 Å². The van der Waals surface area contributed by atoms with E-state index in [0.29, 0.717) is 0 Å². The van der Waals surface area contributed by atoms with Gasteiger partial charge in [0.2, 0.25) is 0 Å². The normalized spacial score (nSPS) is 24.8. The van der Waals surface area contributed by atoms with E-state index in [1.54, 1.807) is 0 Å². The molecule has 1 aromatic rings.